The third-order valence-electron chi connectivity index (χ3n) is 7.44. The van der Waals surface area contributed by atoms with E-state index in [-0.39, 0.29) is 23.3 Å². The Kier molecular flexibility index (Phi) is 12.2. The van der Waals surface area contributed by atoms with Crippen LogP contribution < -0.4 is 14.4 Å². The number of nitrogens with zero attached hydrogens (tertiary/aromatic N) is 2. The molecule has 1 unspecified atom stereocenters. The van der Waals surface area contributed by atoms with Gasteiger partial charge >= 0.3 is 0 Å². The fourth-order valence-corrected chi connectivity index (χ4v) is 6.20. The summed E-state index contributed by atoms with van der Waals surface area (Å²) in [5.41, 5.74) is 3.12. The van der Waals surface area contributed by atoms with Crippen LogP contribution in [-0.2, 0) is 26.2 Å². The monoisotopic (exact) mass is 607 g/mol. The molecule has 9 heteroatoms. The summed E-state index contributed by atoms with van der Waals surface area (Å²) in [6.45, 7) is 10.0. The Bertz CT molecular complexity index is 1450. The number of amides is 2. The van der Waals surface area contributed by atoms with Crippen LogP contribution in [0.1, 0.15) is 69.6 Å². The molecular weight excluding hydrogens is 562 g/mol. The predicted molar refractivity (Wildman–Crippen MR) is 172 cm³/mol. The van der Waals surface area contributed by atoms with Crippen molar-refractivity contribution in [3.05, 3.63) is 89.5 Å². The van der Waals surface area contributed by atoms with Crippen molar-refractivity contribution >= 4 is 27.5 Å². The van der Waals surface area contributed by atoms with E-state index in [9.17, 15) is 18.0 Å². The highest BCUT2D eigenvalue weighted by atomic mass is 32.2. The van der Waals surface area contributed by atoms with E-state index < -0.39 is 28.5 Å². The molecule has 0 fully saturated rings. The maximum absolute atomic E-state index is 14.2. The molecule has 1 atom stereocenters. The van der Waals surface area contributed by atoms with E-state index in [1.165, 1.54) is 4.90 Å². The molecule has 0 radical (unpaired) electrons. The number of hydrogen-bond acceptors (Lipinski definition) is 5. The zero-order valence-corrected chi connectivity index (χ0v) is 27.0. The molecule has 0 saturated heterocycles. The Morgan fingerprint density at radius 3 is 2.21 bits per heavy atom. The maximum Gasteiger partial charge on any atom is 0.264 e. The molecule has 0 saturated carbocycles. The van der Waals surface area contributed by atoms with Crippen molar-refractivity contribution in [2.75, 3.05) is 24.5 Å². The van der Waals surface area contributed by atoms with Gasteiger partial charge in [0.1, 0.15) is 18.3 Å². The standard InChI is InChI=1S/C34H45N3O5S/c1-7-9-21-35-34(39)32(8-2)36(23-27-11-10-12-30(22-27)42-6)33(38)24-37(29-17-15-28(16-18-29)25(3)4)43(40,41)31-19-13-26(5)14-20-31/h10-20,22,25,32H,7-9,21,23-24H2,1-6H3,(H,35,39). The summed E-state index contributed by atoms with van der Waals surface area (Å²) < 4.78 is 34.7. The average molecular weight is 608 g/mol. The van der Waals surface area contributed by atoms with Gasteiger partial charge in [0, 0.05) is 13.1 Å². The van der Waals surface area contributed by atoms with E-state index in [4.69, 9.17) is 4.74 Å². The van der Waals surface area contributed by atoms with Crippen molar-refractivity contribution in [2.24, 2.45) is 0 Å². The van der Waals surface area contributed by atoms with Crippen LogP contribution in [0.4, 0.5) is 5.69 Å². The molecule has 0 bridgehead atoms. The number of ether oxygens (including phenoxy) is 1. The number of carbonyl (C=O) groups is 2. The Balaban J connectivity index is 2.06. The Morgan fingerprint density at radius 2 is 1.63 bits per heavy atom. The summed E-state index contributed by atoms with van der Waals surface area (Å²) in [4.78, 5) is 29.2. The topological polar surface area (TPSA) is 96.0 Å². The van der Waals surface area contributed by atoms with Gasteiger partial charge in [-0.2, -0.15) is 0 Å². The van der Waals surface area contributed by atoms with E-state index in [0.717, 1.165) is 33.8 Å². The first-order valence-electron chi connectivity index (χ1n) is 14.9. The Hall–Kier alpha value is -3.85. The second kappa shape index (κ2) is 15.6. The number of rotatable bonds is 15. The molecule has 0 aliphatic rings. The van der Waals surface area contributed by atoms with Gasteiger partial charge in [-0.15, -0.1) is 0 Å². The highest BCUT2D eigenvalue weighted by Gasteiger charge is 2.33. The highest BCUT2D eigenvalue weighted by Crippen LogP contribution is 2.27. The number of benzene rings is 3. The molecule has 0 aliphatic carbocycles. The number of aryl methyl sites for hydroxylation is 1. The molecule has 0 heterocycles. The van der Waals surface area contributed by atoms with Crippen molar-refractivity contribution in [3.63, 3.8) is 0 Å². The summed E-state index contributed by atoms with van der Waals surface area (Å²) >= 11 is 0. The van der Waals surface area contributed by atoms with Crippen LogP contribution in [-0.4, -0.2) is 51.4 Å². The van der Waals surface area contributed by atoms with Gasteiger partial charge < -0.3 is 15.0 Å². The second-order valence-electron chi connectivity index (χ2n) is 11.0. The van der Waals surface area contributed by atoms with Gasteiger partial charge in [-0.3, -0.25) is 13.9 Å². The van der Waals surface area contributed by atoms with Gasteiger partial charge in [0.05, 0.1) is 17.7 Å². The molecule has 8 nitrogen and oxygen atoms in total. The molecule has 0 spiro atoms. The van der Waals surface area contributed by atoms with Crippen molar-refractivity contribution in [2.45, 2.75) is 77.3 Å². The second-order valence-corrected chi connectivity index (χ2v) is 12.9. The van der Waals surface area contributed by atoms with E-state index in [0.29, 0.717) is 24.4 Å². The van der Waals surface area contributed by atoms with E-state index >= 15 is 0 Å². The van der Waals surface area contributed by atoms with Crippen LogP contribution in [0.3, 0.4) is 0 Å². The minimum atomic E-state index is -4.12. The van der Waals surface area contributed by atoms with Crippen LogP contribution in [0.15, 0.2) is 77.7 Å². The third kappa shape index (κ3) is 8.83. The summed E-state index contributed by atoms with van der Waals surface area (Å²) in [6, 6.07) is 20.3. The number of sulfonamides is 1. The fraction of sp³-hybridized carbons (Fsp3) is 0.412. The number of nitrogens with one attached hydrogen (secondary N) is 1. The maximum atomic E-state index is 14.2. The lowest BCUT2D eigenvalue weighted by Gasteiger charge is -2.33. The lowest BCUT2D eigenvalue weighted by molar-refractivity contribution is -0.140. The van der Waals surface area contributed by atoms with Crippen LogP contribution in [0.25, 0.3) is 0 Å². The molecule has 0 aromatic heterocycles. The lowest BCUT2D eigenvalue weighted by Crippen LogP contribution is -2.52. The molecular formula is C34H45N3O5S. The minimum absolute atomic E-state index is 0.0857. The summed E-state index contributed by atoms with van der Waals surface area (Å²) in [7, 11) is -2.56. The summed E-state index contributed by atoms with van der Waals surface area (Å²) in [5.74, 6) is 0.136. The average Bonchev–Trinajstić information content (AvgIpc) is 3.00. The fourth-order valence-electron chi connectivity index (χ4n) is 4.78. The smallest absolute Gasteiger partial charge is 0.264 e. The van der Waals surface area contributed by atoms with Gasteiger partial charge in [-0.1, -0.05) is 76.1 Å². The van der Waals surface area contributed by atoms with E-state index in [1.807, 2.05) is 51.1 Å². The van der Waals surface area contributed by atoms with Crippen molar-refractivity contribution < 1.29 is 22.7 Å². The molecule has 3 rings (SSSR count). The third-order valence-corrected chi connectivity index (χ3v) is 9.23. The van der Waals surface area contributed by atoms with Crippen LogP contribution in [0, 0.1) is 6.92 Å². The van der Waals surface area contributed by atoms with Crippen LogP contribution in [0.2, 0.25) is 0 Å². The molecule has 3 aromatic rings. The molecule has 232 valence electrons. The van der Waals surface area contributed by atoms with Crippen LogP contribution >= 0.6 is 0 Å². The first-order valence-corrected chi connectivity index (χ1v) is 16.3. The Labute approximate surface area is 257 Å². The molecule has 3 aromatic carbocycles. The van der Waals surface area contributed by atoms with E-state index in [2.05, 4.69) is 19.2 Å². The molecule has 1 N–H and O–H groups in total. The quantitative estimate of drug-likeness (QED) is 0.212. The first-order chi connectivity index (χ1) is 20.5. The molecule has 43 heavy (non-hydrogen) atoms. The number of anilines is 1. The van der Waals surface area contributed by atoms with Gasteiger partial charge in [-0.05, 0) is 73.2 Å². The molecule has 0 aliphatic heterocycles. The van der Waals surface area contributed by atoms with E-state index in [1.54, 1.807) is 49.6 Å². The number of unbranched alkanes of at least 4 members (excludes halogenated alkanes) is 1. The normalized spacial score (nSPS) is 12.1. The number of hydrogen-bond donors (Lipinski definition) is 1. The van der Waals surface area contributed by atoms with Crippen LogP contribution in [0.5, 0.6) is 5.75 Å². The minimum Gasteiger partial charge on any atom is -0.497 e. The summed E-state index contributed by atoms with van der Waals surface area (Å²) in [6.07, 6.45) is 2.10. The number of carbonyl (C=O) groups excluding carboxylic acids is 2. The largest absolute Gasteiger partial charge is 0.497 e. The highest BCUT2D eigenvalue weighted by molar-refractivity contribution is 7.92. The van der Waals surface area contributed by atoms with Gasteiger partial charge in [0.25, 0.3) is 10.0 Å². The summed E-state index contributed by atoms with van der Waals surface area (Å²) in [5, 5.41) is 2.95. The zero-order valence-electron chi connectivity index (χ0n) is 26.2. The predicted octanol–water partition coefficient (Wildman–Crippen LogP) is 6.05. The SMILES string of the molecule is CCCCNC(=O)C(CC)N(Cc1cccc(OC)c1)C(=O)CN(c1ccc(C(C)C)cc1)S(=O)(=O)c1ccc(C)cc1. The van der Waals surface area contributed by atoms with Gasteiger partial charge in [0.15, 0.2) is 0 Å². The Morgan fingerprint density at radius 1 is 0.953 bits per heavy atom. The van der Waals surface area contributed by atoms with Crippen molar-refractivity contribution in [1.82, 2.24) is 10.2 Å². The first kappa shape index (κ1) is 33.6. The van der Waals surface area contributed by atoms with Crippen molar-refractivity contribution in [1.29, 1.82) is 0 Å². The molecule has 2 amide bonds. The van der Waals surface area contributed by atoms with Gasteiger partial charge in [-0.25, -0.2) is 8.42 Å². The lowest BCUT2D eigenvalue weighted by atomic mass is 10.0. The van der Waals surface area contributed by atoms with Crippen molar-refractivity contribution in [3.8, 4) is 5.75 Å². The number of methoxy groups -OCH3 is 1. The zero-order chi connectivity index (χ0) is 31.6. The van der Waals surface area contributed by atoms with Gasteiger partial charge in [0.2, 0.25) is 11.8 Å².